The molecule has 2 aromatic rings. The zero-order valence-corrected chi connectivity index (χ0v) is 15.7. The van der Waals surface area contributed by atoms with E-state index in [1.807, 2.05) is 27.7 Å². The summed E-state index contributed by atoms with van der Waals surface area (Å²) in [6.07, 6.45) is 0. The van der Waals surface area contributed by atoms with E-state index in [2.05, 4.69) is 4.98 Å². The van der Waals surface area contributed by atoms with Crippen LogP contribution in [-0.4, -0.2) is 22.0 Å². The number of aromatic amines is 1. The van der Waals surface area contributed by atoms with Crippen LogP contribution in [0.15, 0.2) is 26.4 Å². The minimum absolute atomic E-state index is 0.0201. The second-order valence-corrected chi connectivity index (χ2v) is 7.60. The summed E-state index contributed by atoms with van der Waals surface area (Å²) in [4.78, 5) is 41.1. The van der Waals surface area contributed by atoms with Crippen molar-refractivity contribution in [1.29, 1.82) is 0 Å². The fraction of sp³-hybridized carbons (Fsp3) is 0.471. The molecule has 0 radical (unpaired) electrons. The Labute approximate surface area is 150 Å². The molecular weight excluding hydrogens is 340 g/mol. The number of thiophene rings is 1. The largest absolute Gasteiger partial charge is 0.383 e. The monoisotopic (exact) mass is 364 g/mol. The second-order valence-electron chi connectivity index (χ2n) is 6.82. The van der Waals surface area contributed by atoms with Crippen LogP contribution < -0.4 is 21.9 Å². The maximum absolute atomic E-state index is 12.9. The third-order valence-corrected chi connectivity index (χ3v) is 4.28. The molecule has 0 fully saturated rings. The third kappa shape index (κ3) is 4.19. The van der Waals surface area contributed by atoms with Crippen LogP contribution in [0.5, 0.6) is 0 Å². The number of aromatic nitrogens is 2. The third-order valence-electron chi connectivity index (χ3n) is 3.59. The predicted octanol–water partition coefficient (Wildman–Crippen LogP) is 2.14. The molecule has 25 heavy (non-hydrogen) atoms. The average Bonchev–Trinajstić information content (AvgIpc) is 3.03. The summed E-state index contributed by atoms with van der Waals surface area (Å²) < 4.78 is 1.32. The Morgan fingerprint density at radius 2 is 1.96 bits per heavy atom. The molecule has 0 saturated heterocycles. The lowest BCUT2D eigenvalue weighted by Crippen LogP contribution is -2.43. The fourth-order valence-electron chi connectivity index (χ4n) is 2.57. The molecule has 2 aromatic heterocycles. The summed E-state index contributed by atoms with van der Waals surface area (Å²) >= 11 is 1.40. The number of nitrogen functional groups attached to an aromatic ring is 1. The van der Waals surface area contributed by atoms with Crippen LogP contribution in [0.4, 0.5) is 11.5 Å². The zero-order valence-electron chi connectivity index (χ0n) is 14.9. The first-order valence-corrected chi connectivity index (χ1v) is 9.13. The van der Waals surface area contributed by atoms with Gasteiger partial charge in [0.05, 0.1) is 5.56 Å². The Morgan fingerprint density at radius 3 is 2.48 bits per heavy atom. The van der Waals surface area contributed by atoms with Gasteiger partial charge < -0.3 is 10.6 Å². The van der Waals surface area contributed by atoms with Crippen molar-refractivity contribution in [1.82, 2.24) is 9.55 Å². The van der Waals surface area contributed by atoms with Crippen LogP contribution >= 0.6 is 11.3 Å². The van der Waals surface area contributed by atoms with Crippen molar-refractivity contribution in [2.75, 3.05) is 17.2 Å². The van der Waals surface area contributed by atoms with Crippen molar-refractivity contribution in [2.45, 2.75) is 34.2 Å². The lowest BCUT2D eigenvalue weighted by atomic mass is 10.1. The Balaban J connectivity index is 2.62. The van der Waals surface area contributed by atoms with Crippen molar-refractivity contribution in [3.05, 3.63) is 43.2 Å². The molecule has 8 heteroatoms. The van der Waals surface area contributed by atoms with E-state index in [1.165, 1.54) is 20.8 Å². The van der Waals surface area contributed by atoms with Gasteiger partial charge in [0, 0.05) is 18.5 Å². The molecule has 0 aliphatic carbocycles. The smallest absolute Gasteiger partial charge is 0.330 e. The highest BCUT2D eigenvalue weighted by molar-refractivity contribution is 7.08. The number of anilines is 2. The molecular formula is C17H24N4O3S. The van der Waals surface area contributed by atoms with Crippen LogP contribution in [0.3, 0.4) is 0 Å². The van der Waals surface area contributed by atoms with Crippen molar-refractivity contribution < 1.29 is 4.79 Å². The lowest BCUT2D eigenvalue weighted by molar-refractivity contribution is 0.0984. The van der Waals surface area contributed by atoms with Gasteiger partial charge in [-0.2, -0.15) is 11.3 Å². The number of H-pyrrole nitrogens is 1. The van der Waals surface area contributed by atoms with Crippen LogP contribution in [0.1, 0.15) is 38.1 Å². The van der Waals surface area contributed by atoms with Crippen molar-refractivity contribution >= 4 is 28.7 Å². The normalized spacial score (nSPS) is 11.3. The number of nitrogens with one attached hydrogen (secondary N) is 1. The number of rotatable bonds is 6. The number of nitrogens with zero attached hydrogens (tertiary/aromatic N) is 2. The number of carbonyl (C=O) groups excluding carboxylic acids is 1. The van der Waals surface area contributed by atoms with Crippen molar-refractivity contribution in [3.63, 3.8) is 0 Å². The molecule has 0 aromatic carbocycles. The maximum Gasteiger partial charge on any atom is 0.330 e. The molecule has 136 valence electrons. The van der Waals surface area contributed by atoms with Crippen LogP contribution in [0, 0.1) is 11.8 Å². The van der Waals surface area contributed by atoms with Gasteiger partial charge in [0.2, 0.25) is 0 Å². The Hall–Kier alpha value is -2.35. The molecule has 0 aliphatic heterocycles. The summed E-state index contributed by atoms with van der Waals surface area (Å²) in [6, 6.07) is 1.70. The average molecular weight is 364 g/mol. The number of carbonyl (C=O) groups is 1. The summed E-state index contributed by atoms with van der Waals surface area (Å²) in [5, 5.41) is 3.53. The predicted molar refractivity (Wildman–Crippen MR) is 101 cm³/mol. The van der Waals surface area contributed by atoms with E-state index in [9.17, 15) is 14.4 Å². The molecule has 0 unspecified atom stereocenters. The standard InChI is InChI=1S/C17H24N4O3S/c1-10(2)7-20(16(23)12-5-6-25-9-12)13-14(18)21(8-11(3)4)17(24)19-15(13)22/h5-6,9-11H,7-8,18H2,1-4H3,(H,19,22,24). The van der Waals surface area contributed by atoms with E-state index >= 15 is 0 Å². The molecule has 7 nitrogen and oxygen atoms in total. The van der Waals surface area contributed by atoms with Gasteiger partial charge in [-0.05, 0) is 23.3 Å². The topological polar surface area (TPSA) is 101 Å². The van der Waals surface area contributed by atoms with Gasteiger partial charge in [-0.25, -0.2) is 4.79 Å². The number of hydrogen-bond acceptors (Lipinski definition) is 5. The van der Waals surface area contributed by atoms with Gasteiger partial charge in [0.25, 0.3) is 11.5 Å². The van der Waals surface area contributed by atoms with E-state index in [1.54, 1.807) is 16.8 Å². The van der Waals surface area contributed by atoms with Gasteiger partial charge in [0.1, 0.15) is 5.82 Å². The highest BCUT2D eigenvalue weighted by Crippen LogP contribution is 2.22. The summed E-state index contributed by atoms with van der Waals surface area (Å²) in [5.74, 6) is -0.00897. The van der Waals surface area contributed by atoms with E-state index < -0.39 is 11.2 Å². The molecule has 0 aliphatic rings. The van der Waals surface area contributed by atoms with Crippen LogP contribution in [0.25, 0.3) is 0 Å². The molecule has 2 heterocycles. The van der Waals surface area contributed by atoms with Gasteiger partial charge in [-0.3, -0.25) is 19.1 Å². The van der Waals surface area contributed by atoms with Gasteiger partial charge in [-0.15, -0.1) is 0 Å². The number of amides is 1. The molecule has 1 amide bonds. The molecule has 3 N–H and O–H groups in total. The highest BCUT2D eigenvalue weighted by atomic mass is 32.1. The van der Waals surface area contributed by atoms with E-state index in [0.29, 0.717) is 18.7 Å². The Kier molecular flexibility index (Phi) is 5.84. The number of nitrogens with two attached hydrogens (primary N) is 1. The van der Waals surface area contributed by atoms with E-state index in [-0.39, 0.29) is 29.2 Å². The Bertz CT molecular complexity index is 850. The summed E-state index contributed by atoms with van der Waals surface area (Å²) in [6.45, 7) is 8.46. The minimum atomic E-state index is -0.647. The summed E-state index contributed by atoms with van der Waals surface area (Å²) in [5.41, 5.74) is 5.47. The first kappa shape index (κ1) is 19.0. The van der Waals surface area contributed by atoms with Gasteiger partial charge >= 0.3 is 5.69 Å². The second kappa shape index (κ2) is 7.69. The molecule has 0 atom stereocenters. The molecule has 0 spiro atoms. The zero-order chi connectivity index (χ0) is 18.7. The first-order chi connectivity index (χ1) is 11.7. The van der Waals surface area contributed by atoms with Gasteiger partial charge in [0.15, 0.2) is 5.69 Å². The lowest BCUT2D eigenvalue weighted by Gasteiger charge is -2.26. The van der Waals surface area contributed by atoms with Crippen LogP contribution in [0.2, 0.25) is 0 Å². The maximum atomic E-state index is 12.9. The Morgan fingerprint density at radius 1 is 1.28 bits per heavy atom. The highest BCUT2D eigenvalue weighted by Gasteiger charge is 2.26. The number of hydrogen-bond donors (Lipinski definition) is 2. The van der Waals surface area contributed by atoms with E-state index in [4.69, 9.17) is 5.73 Å². The molecule has 2 rings (SSSR count). The summed E-state index contributed by atoms with van der Waals surface area (Å²) in [7, 11) is 0. The van der Waals surface area contributed by atoms with Crippen molar-refractivity contribution in [2.24, 2.45) is 11.8 Å². The fourth-order valence-corrected chi connectivity index (χ4v) is 3.20. The molecule has 0 bridgehead atoms. The quantitative estimate of drug-likeness (QED) is 0.820. The van der Waals surface area contributed by atoms with Crippen LogP contribution in [-0.2, 0) is 6.54 Å². The van der Waals surface area contributed by atoms with E-state index in [0.717, 1.165) is 0 Å². The SMILES string of the molecule is CC(C)CN(C(=O)c1ccsc1)c1c(N)n(CC(C)C)c(=O)[nH]c1=O. The first-order valence-electron chi connectivity index (χ1n) is 8.19. The van der Waals surface area contributed by atoms with Crippen molar-refractivity contribution in [3.8, 4) is 0 Å². The molecule has 0 saturated carbocycles. The van der Waals surface area contributed by atoms with Gasteiger partial charge in [-0.1, -0.05) is 27.7 Å². The minimum Gasteiger partial charge on any atom is -0.383 e.